The summed E-state index contributed by atoms with van der Waals surface area (Å²) in [6, 6.07) is 0. The Kier molecular flexibility index (Phi) is 5.84. The minimum Gasteiger partial charge on any atom is -0.411 e. The van der Waals surface area contributed by atoms with Gasteiger partial charge < -0.3 is 9.16 Å². The summed E-state index contributed by atoms with van der Waals surface area (Å²) in [6.07, 6.45) is 1.39. The van der Waals surface area contributed by atoms with Crippen molar-refractivity contribution >= 4 is 24.2 Å². The second-order valence-corrected chi connectivity index (χ2v) is 13.5. The van der Waals surface area contributed by atoms with E-state index in [9.17, 15) is 8.78 Å². The van der Waals surface area contributed by atoms with Crippen LogP contribution in [-0.4, -0.2) is 36.4 Å². The topological polar surface area (TPSA) is 44.2 Å². The summed E-state index contributed by atoms with van der Waals surface area (Å²) in [6.45, 7) is 10.5. The molecule has 0 spiro atoms. The van der Waals surface area contributed by atoms with E-state index in [0.717, 1.165) is 4.47 Å². The molecule has 4 nitrogen and oxygen atoms in total. The quantitative estimate of drug-likeness (QED) is 0.629. The highest BCUT2D eigenvalue weighted by molar-refractivity contribution is 9.10. The number of nitrogens with zero attached hydrogens (tertiary/aromatic N) is 2. The van der Waals surface area contributed by atoms with E-state index in [4.69, 9.17) is 9.16 Å². The van der Waals surface area contributed by atoms with Gasteiger partial charge in [0.2, 0.25) is 0 Å². The molecular weight excluding hydrogens is 398 g/mol. The third kappa shape index (κ3) is 5.03. The molecule has 1 fully saturated rings. The number of aromatic nitrogens is 2. The molecule has 2 rings (SSSR count). The lowest BCUT2D eigenvalue weighted by atomic mass is 10.2. The minimum absolute atomic E-state index is 0.0375. The number of rotatable bonds is 5. The Bertz CT molecular complexity index is 564. The molecule has 2 atom stereocenters. The van der Waals surface area contributed by atoms with Crippen LogP contribution in [0.25, 0.3) is 0 Å². The molecule has 1 unspecified atom stereocenters. The van der Waals surface area contributed by atoms with Crippen LogP contribution in [0.15, 0.2) is 16.9 Å². The standard InChI is InChI=1S/C16H25BrF2N2O2Si/c1-15(2,3)24(4,5)23-13-7-16(18,19)6-12(13)22-10-14-20-8-11(17)9-21-14/h8-9,12-13H,6-7,10H2,1-5H3/t12-,13?/m0/s1. The summed E-state index contributed by atoms with van der Waals surface area (Å²) >= 11 is 3.26. The van der Waals surface area contributed by atoms with Crippen LogP contribution >= 0.6 is 15.9 Å². The summed E-state index contributed by atoms with van der Waals surface area (Å²) < 4.78 is 40.5. The molecule has 1 aromatic heterocycles. The molecule has 0 bridgehead atoms. The van der Waals surface area contributed by atoms with Crippen LogP contribution in [0, 0.1) is 0 Å². The SMILES string of the molecule is CC(C)(C)[Si](C)(C)OC1CC(F)(F)C[C@@H]1OCc1ncc(Br)cn1. The molecule has 1 saturated carbocycles. The minimum atomic E-state index is -2.75. The molecule has 1 aliphatic carbocycles. The van der Waals surface area contributed by atoms with Crippen LogP contribution in [0.3, 0.4) is 0 Å². The lowest BCUT2D eigenvalue weighted by molar-refractivity contribution is -0.0341. The van der Waals surface area contributed by atoms with E-state index in [0.29, 0.717) is 5.82 Å². The van der Waals surface area contributed by atoms with Crippen LogP contribution in [0.4, 0.5) is 8.78 Å². The van der Waals surface area contributed by atoms with Crippen LogP contribution < -0.4 is 0 Å². The summed E-state index contributed by atoms with van der Waals surface area (Å²) in [5.41, 5.74) is 0. The van der Waals surface area contributed by atoms with Crippen molar-refractivity contribution in [1.82, 2.24) is 9.97 Å². The maximum Gasteiger partial charge on any atom is 0.253 e. The second kappa shape index (κ2) is 7.05. The van der Waals surface area contributed by atoms with Gasteiger partial charge in [0.05, 0.1) is 16.7 Å². The molecule has 8 heteroatoms. The van der Waals surface area contributed by atoms with Gasteiger partial charge in [-0.2, -0.15) is 0 Å². The molecule has 1 heterocycles. The number of ether oxygens (including phenoxy) is 1. The van der Waals surface area contributed by atoms with Crippen molar-refractivity contribution in [3.63, 3.8) is 0 Å². The molecule has 0 aliphatic heterocycles. The zero-order chi connectivity index (χ0) is 18.2. The van der Waals surface area contributed by atoms with Crippen LogP contribution in [0.2, 0.25) is 18.1 Å². The molecule has 0 radical (unpaired) electrons. The number of hydrogen-bond acceptors (Lipinski definition) is 4. The van der Waals surface area contributed by atoms with Crippen molar-refractivity contribution < 1.29 is 17.9 Å². The summed E-state index contributed by atoms with van der Waals surface area (Å²) in [7, 11) is -2.14. The average molecular weight is 423 g/mol. The second-order valence-electron chi connectivity index (χ2n) is 7.85. The van der Waals surface area contributed by atoms with Crippen LogP contribution in [0.1, 0.15) is 39.4 Å². The smallest absolute Gasteiger partial charge is 0.253 e. The van der Waals surface area contributed by atoms with Gasteiger partial charge in [0.15, 0.2) is 14.1 Å². The predicted octanol–water partition coefficient (Wildman–Crippen LogP) is 4.94. The first-order valence-electron chi connectivity index (χ1n) is 8.03. The predicted molar refractivity (Wildman–Crippen MR) is 94.6 cm³/mol. The maximum atomic E-state index is 13.9. The Morgan fingerprint density at radius 3 is 2.29 bits per heavy atom. The molecule has 1 aliphatic rings. The van der Waals surface area contributed by atoms with Gasteiger partial charge in [-0.3, -0.25) is 0 Å². The van der Waals surface area contributed by atoms with E-state index < -0.39 is 26.4 Å². The lowest BCUT2D eigenvalue weighted by Crippen LogP contribution is -2.46. The zero-order valence-corrected chi connectivity index (χ0v) is 17.4. The Balaban J connectivity index is 2.04. The zero-order valence-electron chi connectivity index (χ0n) is 14.8. The van der Waals surface area contributed by atoms with E-state index in [1.165, 1.54) is 0 Å². The van der Waals surface area contributed by atoms with Crippen molar-refractivity contribution in [3.05, 3.63) is 22.7 Å². The molecule has 136 valence electrons. The van der Waals surface area contributed by atoms with E-state index in [-0.39, 0.29) is 24.5 Å². The van der Waals surface area contributed by atoms with Gasteiger partial charge in [-0.25, -0.2) is 18.7 Å². The third-order valence-corrected chi connectivity index (χ3v) is 9.68. The Hall–Kier alpha value is -0.443. The van der Waals surface area contributed by atoms with Gasteiger partial charge in [-0.05, 0) is 34.1 Å². The van der Waals surface area contributed by atoms with Gasteiger partial charge in [0.25, 0.3) is 5.92 Å². The average Bonchev–Trinajstić information content (AvgIpc) is 2.70. The Morgan fingerprint density at radius 1 is 1.21 bits per heavy atom. The summed E-state index contributed by atoms with van der Waals surface area (Å²) in [4.78, 5) is 8.22. The van der Waals surface area contributed by atoms with Crippen LogP contribution in [0.5, 0.6) is 0 Å². The maximum absolute atomic E-state index is 13.9. The van der Waals surface area contributed by atoms with Gasteiger partial charge in [0, 0.05) is 25.2 Å². The van der Waals surface area contributed by atoms with Gasteiger partial charge in [0.1, 0.15) is 6.61 Å². The number of alkyl halides is 2. The highest BCUT2D eigenvalue weighted by Gasteiger charge is 2.51. The molecule has 0 saturated heterocycles. The van der Waals surface area contributed by atoms with Crippen molar-refractivity contribution in [2.24, 2.45) is 0 Å². The first kappa shape index (κ1) is 19.9. The first-order chi connectivity index (χ1) is 10.9. The molecule has 1 aromatic rings. The summed E-state index contributed by atoms with van der Waals surface area (Å²) in [5.74, 6) is -2.28. The largest absolute Gasteiger partial charge is 0.411 e. The van der Waals surface area contributed by atoms with Crippen LogP contribution in [-0.2, 0) is 15.8 Å². The van der Waals surface area contributed by atoms with E-state index in [2.05, 4.69) is 59.8 Å². The molecular formula is C16H25BrF2N2O2Si. The van der Waals surface area contributed by atoms with Crippen molar-refractivity contribution in [3.8, 4) is 0 Å². The fourth-order valence-electron chi connectivity index (χ4n) is 2.37. The number of halogens is 3. The lowest BCUT2D eigenvalue weighted by Gasteiger charge is -2.39. The third-order valence-electron chi connectivity index (χ3n) is 4.77. The summed E-state index contributed by atoms with van der Waals surface area (Å²) in [5, 5.41) is -0.0375. The fourth-order valence-corrected chi connectivity index (χ4v) is 3.92. The van der Waals surface area contributed by atoms with Crippen molar-refractivity contribution in [2.45, 2.75) is 76.5 Å². The van der Waals surface area contributed by atoms with E-state index in [1.807, 2.05) is 0 Å². The van der Waals surface area contributed by atoms with E-state index in [1.54, 1.807) is 12.4 Å². The van der Waals surface area contributed by atoms with Gasteiger partial charge >= 0.3 is 0 Å². The molecule has 24 heavy (non-hydrogen) atoms. The Morgan fingerprint density at radius 2 is 1.75 bits per heavy atom. The number of hydrogen-bond donors (Lipinski definition) is 0. The molecule has 0 amide bonds. The molecule has 0 N–H and O–H groups in total. The normalized spacial score (nSPS) is 24.3. The highest BCUT2D eigenvalue weighted by atomic mass is 79.9. The molecule has 0 aromatic carbocycles. The first-order valence-corrected chi connectivity index (χ1v) is 11.7. The van der Waals surface area contributed by atoms with Crippen molar-refractivity contribution in [1.29, 1.82) is 0 Å². The highest BCUT2D eigenvalue weighted by Crippen LogP contribution is 2.44. The van der Waals surface area contributed by atoms with E-state index >= 15 is 0 Å². The van der Waals surface area contributed by atoms with Gasteiger partial charge in [-0.1, -0.05) is 20.8 Å². The Labute approximate surface area is 151 Å². The monoisotopic (exact) mass is 422 g/mol. The fraction of sp³-hybridized carbons (Fsp3) is 0.750. The van der Waals surface area contributed by atoms with Gasteiger partial charge in [-0.15, -0.1) is 0 Å². The van der Waals surface area contributed by atoms with Crippen molar-refractivity contribution in [2.75, 3.05) is 0 Å².